The van der Waals surface area contributed by atoms with Crippen molar-refractivity contribution < 1.29 is 22.0 Å². The number of hydrogen-bond donors (Lipinski definition) is 0. The van der Waals surface area contributed by atoms with Crippen LogP contribution in [0, 0.1) is 43.3 Å². The van der Waals surface area contributed by atoms with E-state index in [1.807, 2.05) is 0 Å². The molecule has 0 aromatic heterocycles. The van der Waals surface area contributed by atoms with Crippen LogP contribution in [0.15, 0.2) is 12.1 Å². The van der Waals surface area contributed by atoms with Crippen molar-refractivity contribution in [3.63, 3.8) is 0 Å². The minimum atomic E-state index is -4.51. The van der Waals surface area contributed by atoms with Gasteiger partial charge in [-0.05, 0) is 46.7 Å². The zero-order valence-corrected chi connectivity index (χ0v) is 12.6. The van der Waals surface area contributed by atoms with Crippen molar-refractivity contribution in [3.8, 4) is 12.1 Å². The fourth-order valence-electron chi connectivity index (χ4n) is 1.72. The highest BCUT2D eigenvalue weighted by atomic mass is 127. The highest BCUT2D eigenvalue weighted by Gasteiger charge is 2.37. The lowest BCUT2D eigenvalue weighted by Gasteiger charge is -2.19. The zero-order valence-electron chi connectivity index (χ0n) is 10.4. The van der Waals surface area contributed by atoms with Gasteiger partial charge in [-0.3, -0.25) is 0 Å². The van der Waals surface area contributed by atoms with Crippen LogP contribution in [0.2, 0.25) is 0 Å². The maximum atomic E-state index is 13.4. The Kier molecular flexibility index (Phi) is 5.51. The second-order valence-electron chi connectivity index (χ2n) is 4.47. The molecule has 0 saturated heterocycles. The van der Waals surface area contributed by atoms with Gasteiger partial charge < -0.3 is 0 Å². The average Bonchev–Trinajstić information content (AvgIpc) is 2.40. The van der Waals surface area contributed by atoms with Gasteiger partial charge in [-0.1, -0.05) is 0 Å². The van der Waals surface area contributed by atoms with Crippen molar-refractivity contribution in [2.24, 2.45) is 5.41 Å². The van der Waals surface area contributed by atoms with Crippen LogP contribution in [0.25, 0.3) is 0 Å². The van der Waals surface area contributed by atoms with Gasteiger partial charge in [0.25, 0.3) is 0 Å². The molecule has 8 heteroatoms. The summed E-state index contributed by atoms with van der Waals surface area (Å²) in [4.78, 5) is 0. The summed E-state index contributed by atoms with van der Waals surface area (Å²) in [6, 6.07) is 4.90. The topological polar surface area (TPSA) is 47.6 Å². The van der Waals surface area contributed by atoms with Gasteiger partial charge in [-0.15, -0.1) is 0 Å². The second kappa shape index (κ2) is 6.56. The van der Waals surface area contributed by atoms with Gasteiger partial charge in [-0.2, -0.15) is 23.7 Å². The third kappa shape index (κ3) is 4.81. The van der Waals surface area contributed by atoms with Gasteiger partial charge in [0.15, 0.2) is 0 Å². The van der Waals surface area contributed by atoms with Gasteiger partial charge in [0.1, 0.15) is 17.0 Å². The van der Waals surface area contributed by atoms with Crippen molar-refractivity contribution in [1.82, 2.24) is 0 Å². The van der Waals surface area contributed by atoms with E-state index in [2.05, 4.69) is 0 Å². The Bertz CT molecular complexity index is 575. The minimum Gasteiger partial charge on any atom is -0.206 e. The van der Waals surface area contributed by atoms with Crippen LogP contribution in [0.5, 0.6) is 0 Å². The van der Waals surface area contributed by atoms with Crippen LogP contribution < -0.4 is 0 Å². The third-order valence-corrected chi connectivity index (χ3v) is 3.84. The number of nitriles is 2. The Morgan fingerprint density at radius 3 is 1.86 bits per heavy atom. The molecule has 112 valence electrons. The zero-order chi connectivity index (χ0) is 16.3. The Hall–Kier alpha value is -1.42. The van der Waals surface area contributed by atoms with E-state index in [1.165, 1.54) is 34.7 Å². The van der Waals surface area contributed by atoms with Gasteiger partial charge in [0, 0.05) is 12.8 Å². The van der Waals surface area contributed by atoms with E-state index in [0.717, 1.165) is 12.1 Å². The summed E-state index contributed by atoms with van der Waals surface area (Å²) in [6.07, 6.45) is -7.05. The predicted octanol–water partition coefficient (Wildman–Crippen LogP) is 4.49. The van der Waals surface area contributed by atoms with Crippen molar-refractivity contribution in [1.29, 1.82) is 10.5 Å². The third-order valence-electron chi connectivity index (χ3n) is 2.81. The molecule has 0 atom stereocenters. The fraction of sp³-hybridized carbons (Fsp3) is 0.385. The molecule has 21 heavy (non-hydrogen) atoms. The summed E-state index contributed by atoms with van der Waals surface area (Å²) in [5.41, 5.74) is -2.00. The number of benzene rings is 1. The van der Waals surface area contributed by atoms with E-state index in [0.29, 0.717) is 0 Å². The van der Waals surface area contributed by atoms with E-state index in [1.54, 1.807) is 0 Å². The molecule has 0 fully saturated rings. The van der Waals surface area contributed by atoms with Crippen LogP contribution in [0.1, 0.15) is 18.4 Å². The first-order chi connectivity index (χ1) is 9.62. The van der Waals surface area contributed by atoms with Crippen LogP contribution in [-0.4, -0.2) is 6.18 Å². The molecule has 1 aromatic rings. The summed E-state index contributed by atoms with van der Waals surface area (Å²) in [5, 5.41) is 18.0. The average molecular weight is 414 g/mol. The molecule has 0 amide bonds. The van der Waals surface area contributed by atoms with Crippen molar-refractivity contribution in [3.05, 3.63) is 32.9 Å². The number of halogens is 6. The highest BCUT2D eigenvalue weighted by Crippen LogP contribution is 2.33. The Morgan fingerprint density at radius 2 is 1.48 bits per heavy atom. The largest absolute Gasteiger partial charge is 0.389 e. The van der Waals surface area contributed by atoms with Crippen LogP contribution >= 0.6 is 22.6 Å². The summed E-state index contributed by atoms with van der Waals surface area (Å²) in [6.45, 7) is 0. The lowest BCUT2D eigenvalue weighted by atomic mass is 9.80. The quantitative estimate of drug-likeness (QED) is 0.414. The fourth-order valence-corrected chi connectivity index (χ4v) is 2.03. The molecule has 0 aliphatic carbocycles. The first kappa shape index (κ1) is 17.6. The van der Waals surface area contributed by atoms with E-state index < -0.39 is 42.5 Å². The number of alkyl halides is 3. The molecule has 0 heterocycles. The summed E-state index contributed by atoms with van der Waals surface area (Å²) >= 11 is 1.44. The molecular formula is C13H8F5IN2. The van der Waals surface area contributed by atoms with Crippen LogP contribution in [0.4, 0.5) is 22.0 Å². The Balaban J connectivity index is 3.05. The molecule has 0 bridgehead atoms. The Morgan fingerprint density at radius 1 is 1.00 bits per heavy atom. The van der Waals surface area contributed by atoms with Crippen LogP contribution in [-0.2, 0) is 6.42 Å². The SMILES string of the molecule is N#CC(C#N)(CCC(F)(F)F)Cc1cc(F)c(I)c(F)c1. The Labute approximate surface area is 131 Å². The van der Waals surface area contributed by atoms with Crippen LogP contribution in [0.3, 0.4) is 0 Å². The molecule has 0 aliphatic rings. The smallest absolute Gasteiger partial charge is 0.206 e. The number of hydrogen-bond acceptors (Lipinski definition) is 2. The van der Waals surface area contributed by atoms with E-state index >= 15 is 0 Å². The molecule has 0 radical (unpaired) electrons. The molecule has 0 spiro atoms. The first-order valence-electron chi connectivity index (χ1n) is 5.65. The summed E-state index contributed by atoms with van der Waals surface area (Å²) in [7, 11) is 0. The van der Waals surface area contributed by atoms with Crippen molar-refractivity contribution >= 4 is 22.6 Å². The van der Waals surface area contributed by atoms with Gasteiger partial charge >= 0.3 is 6.18 Å². The molecule has 0 unspecified atom stereocenters. The lowest BCUT2D eigenvalue weighted by molar-refractivity contribution is -0.138. The maximum Gasteiger partial charge on any atom is 0.389 e. The van der Waals surface area contributed by atoms with Gasteiger partial charge in [0.2, 0.25) is 0 Å². The predicted molar refractivity (Wildman–Crippen MR) is 71.7 cm³/mol. The van der Waals surface area contributed by atoms with Gasteiger partial charge in [-0.25, -0.2) is 8.78 Å². The molecule has 0 N–H and O–H groups in total. The normalized spacial score (nSPS) is 11.8. The first-order valence-corrected chi connectivity index (χ1v) is 6.73. The molecule has 1 aromatic carbocycles. The second-order valence-corrected chi connectivity index (χ2v) is 5.55. The van der Waals surface area contributed by atoms with Crippen molar-refractivity contribution in [2.75, 3.05) is 0 Å². The van der Waals surface area contributed by atoms with Crippen molar-refractivity contribution in [2.45, 2.75) is 25.4 Å². The number of nitrogens with zero attached hydrogens (tertiary/aromatic N) is 2. The maximum absolute atomic E-state index is 13.4. The minimum absolute atomic E-state index is 0.0318. The molecular weight excluding hydrogens is 406 g/mol. The molecule has 0 aliphatic heterocycles. The molecule has 1 rings (SSSR count). The summed E-state index contributed by atoms with van der Waals surface area (Å²) in [5.74, 6) is -1.77. The van der Waals surface area contributed by atoms with E-state index in [4.69, 9.17) is 10.5 Å². The monoisotopic (exact) mass is 414 g/mol. The summed E-state index contributed by atoms with van der Waals surface area (Å²) < 4.78 is 63.3. The van der Waals surface area contributed by atoms with E-state index in [-0.39, 0.29) is 9.13 Å². The highest BCUT2D eigenvalue weighted by molar-refractivity contribution is 14.1. The van der Waals surface area contributed by atoms with E-state index in [9.17, 15) is 22.0 Å². The standard InChI is InChI=1S/C13H8F5IN2/c14-9-3-8(4-10(15)11(9)19)5-12(6-20,7-21)1-2-13(16,17)18/h3-4H,1-2,5H2. The molecule has 2 nitrogen and oxygen atoms in total. The number of rotatable bonds is 4. The molecule has 0 saturated carbocycles. The lowest BCUT2D eigenvalue weighted by Crippen LogP contribution is -2.23. The van der Waals surface area contributed by atoms with Gasteiger partial charge in [0.05, 0.1) is 15.7 Å².